The van der Waals surface area contributed by atoms with E-state index in [-0.39, 0.29) is 5.91 Å². The molecular weight excluding hydrogens is 288 g/mol. The molecule has 0 bridgehead atoms. The van der Waals surface area contributed by atoms with Crippen molar-refractivity contribution >= 4 is 11.6 Å². The van der Waals surface area contributed by atoms with Gasteiger partial charge in [-0.25, -0.2) is 4.98 Å². The van der Waals surface area contributed by atoms with Gasteiger partial charge in [-0.15, -0.1) is 0 Å². The van der Waals surface area contributed by atoms with Crippen LogP contribution in [0.2, 0.25) is 0 Å². The molecule has 1 aromatic heterocycles. The summed E-state index contributed by atoms with van der Waals surface area (Å²) >= 11 is 0. The van der Waals surface area contributed by atoms with Gasteiger partial charge in [0.1, 0.15) is 5.82 Å². The number of aromatic nitrogens is 2. The molecule has 0 atom stereocenters. The zero-order chi connectivity index (χ0) is 16.1. The Hall–Kier alpha value is -2.30. The van der Waals surface area contributed by atoms with Crippen molar-refractivity contribution in [3.8, 4) is 0 Å². The van der Waals surface area contributed by atoms with Gasteiger partial charge in [-0.05, 0) is 43.5 Å². The second-order valence-electron chi connectivity index (χ2n) is 6.05. The highest BCUT2D eigenvalue weighted by Gasteiger charge is 2.12. The number of nitrogens with one attached hydrogen (secondary N) is 1. The summed E-state index contributed by atoms with van der Waals surface area (Å²) in [7, 11) is 1.96. The molecule has 1 amide bonds. The second kappa shape index (κ2) is 7.31. The van der Waals surface area contributed by atoms with Crippen molar-refractivity contribution in [2.24, 2.45) is 7.05 Å². The Morgan fingerprint density at radius 1 is 1.17 bits per heavy atom. The van der Waals surface area contributed by atoms with Crippen LogP contribution in [0, 0.1) is 0 Å². The van der Waals surface area contributed by atoms with Crippen LogP contribution >= 0.6 is 0 Å². The number of nitrogens with zero attached hydrogens (tertiary/aromatic N) is 3. The smallest absolute Gasteiger partial charge is 0.251 e. The zero-order valence-corrected chi connectivity index (χ0v) is 13.7. The summed E-state index contributed by atoms with van der Waals surface area (Å²) in [4.78, 5) is 18.8. The first-order valence-electron chi connectivity index (χ1n) is 8.33. The minimum absolute atomic E-state index is 0.0237. The monoisotopic (exact) mass is 312 g/mol. The summed E-state index contributed by atoms with van der Waals surface area (Å²) in [5, 5.41) is 2.96. The van der Waals surface area contributed by atoms with Crippen LogP contribution in [0.15, 0.2) is 36.7 Å². The molecule has 1 saturated heterocycles. The van der Waals surface area contributed by atoms with Gasteiger partial charge < -0.3 is 14.8 Å². The van der Waals surface area contributed by atoms with Crippen molar-refractivity contribution in [1.29, 1.82) is 0 Å². The molecule has 0 spiro atoms. The summed E-state index contributed by atoms with van der Waals surface area (Å²) in [6, 6.07) is 7.94. The Morgan fingerprint density at radius 2 is 1.91 bits per heavy atom. The summed E-state index contributed by atoms with van der Waals surface area (Å²) in [6.45, 7) is 2.84. The number of benzene rings is 1. The fourth-order valence-corrected chi connectivity index (χ4v) is 3.00. The molecule has 0 radical (unpaired) electrons. The minimum atomic E-state index is -0.0237. The number of rotatable bonds is 5. The molecule has 3 rings (SSSR count). The van der Waals surface area contributed by atoms with Gasteiger partial charge in [-0.3, -0.25) is 4.79 Å². The highest BCUT2D eigenvalue weighted by atomic mass is 16.1. The Morgan fingerprint density at radius 3 is 2.57 bits per heavy atom. The first-order chi connectivity index (χ1) is 11.2. The number of aryl methyl sites for hydroxylation is 1. The first-order valence-corrected chi connectivity index (χ1v) is 8.33. The molecule has 5 nitrogen and oxygen atoms in total. The van der Waals surface area contributed by atoms with Gasteiger partial charge in [0.25, 0.3) is 5.91 Å². The van der Waals surface area contributed by atoms with Crippen molar-refractivity contribution in [2.45, 2.75) is 25.7 Å². The molecular formula is C18H24N4O. The van der Waals surface area contributed by atoms with E-state index in [1.54, 1.807) is 6.20 Å². The van der Waals surface area contributed by atoms with E-state index in [4.69, 9.17) is 0 Å². The zero-order valence-electron chi connectivity index (χ0n) is 13.7. The Bertz CT molecular complexity index is 641. The van der Waals surface area contributed by atoms with Crippen LogP contribution in [0.25, 0.3) is 0 Å². The van der Waals surface area contributed by atoms with Crippen LogP contribution < -0.4 is 10.2 Å². The quantitative estimate of drug-likeness (QED) is 0.922. The SMILES string of the molecule is Cn1ccnc1CCNC(=O)c1ccc(N2CCCCC2)cc1. The normalized spacial score (nSPS) is 14.7. The number of anilines is 1. The van der Waals surface area contributed by atoms with Gasteiger partial charge in [-0.1, -0.05) is 0 Å². The number of hydrogen-bond acceptors (Lipinski definition) is 3. The highest BCUT2D eigenvalue weighted by Crippen LogP contribution is 2.20. The van der Waals surface area contributed by atoms with Crippen molar-refractivity contribution in [2.75, 3.05) is 24.5 Å². The summed E-state index contributed by atoms with van der Waals surface area (Å²) in [6.07, 6.45) is 8.27. The topological polar surface area (TPSA) is 50.2 Å². The van der Waals surface area contributed by atoms with Gasteiger partial charge in [0.2, 0.25) is 0 Å². The molecule has 1 aliphatic heterocycles. The van der Waals surface area contributed by atoms with Crippen LogP contribution in [0.4, 0.5) is 5.69 Å². The molecule has 0 unspecified atom stereocenters. The summed E-state index contributed by atoms with van der Waals surface area (Å²) in [5.74, 6) is 0.954. The molecule has 0 aliphatic carbocycles. The first kappa shape index (κ1) is 15.6. The van der Waals surface area contributed by atoms with Crippen molar-refractivity contribution in [3.05, 3.63) is 48.0 Å². The van der Waals surface area contributed by atoms with E-state index < -0.39 is 0 Å². The lowest BCUT2D eigenvalue weighted by atomic mass is 10.1. The Labute approximate surface area is 137 Å². The molecule has 5 heteroatoms. The highest BCUT2D eigenvalue weighted by molar-refractivity contribution is 5.94. The van der Waals surface area contributed by atoms with Crippen LogP contribution in [0.5, 0.6) is 0 Å². The molecule has 0 saturated carbocycles. The molecule has 1 aliphatic rings. The van der Waals surface area contributed by atoms with Crippen LogP contribution in [0.3, 0.4) is 0 Å². The fraction of sp³-hybridized carbons (Fsp3) is 0.444. The number of carbonyl (C=O) groups is 1. The van der Waals surface area contributed by atoms with Crippen LogP contribution in [-0.2, 0) is 13.5 Å². The second-order valence-corrected chi connectivity index (χ2v) is 6.05. The van der Waals surface area contributed by atoms with Gasteiger partial charge in [0.05, 0.1) is 0 Å². The molecule has 122 valence electrons. The lowest BCUT2D eigenvalue weighted by Gasteiger charge is -2.28. The number of piperidine rings is 1. The van der Waals surface area contributed by atoms with E-state index in [9.17, 15) is 4.79 Å². The maximum absolute atomic E-state index is 12.2. The maximum Gasteiger partial charge on any atom is 0.251 e. The van der Waals surface area contributed by atoms with E-state index >= 15 is 0 Å². The predicted molar refractivity (Wildman–Crippen MR) is 91.8 cm³/mol. The number of carbonyl (C=O) groups excluding carboxylic acids is 1. The van der Waals surface area contributed by atoms with Gasteiger partial charge in [-0.2, -0.15) is 0 Å². The van der Waals surface area contributed by atoms with Crippen LogP contribution in [0.1, 0.15) is 35.4 Å². The van der Waals surface area contributed by atoms with E-state index in [1.807, 2.05) is 29.9 Å². The van der Waals surface area contributed by atoms with E-state index in [0.717, 1.165) is 25.3 Å². The number of hydrogen-bond donors (Lipinski definition) is 1. The van der Waals surface area contributed by atoms with Crippen molar-refractivity contribution in [3.63, 3.8) is 0 Å². The molecule has 2 heterocycles. The van der Waals surface area contributed by atoms with Crippen molar-refractivity contribution in [1.82, 2.24) is 14.9 Å². The minimum Gasteiger partial charge on any atom is -0.372 e. The average molecular weight is 312 g/mol. The third-order valence-corrected chi connectivity index (χ3v) is 4.41. The molecule has 1 aromatic carbocycles. The fourth-order valence-electron chi connectivity index (χ4n) is 3.00. The summed E-state index contributed by atoms with van der Waals surface area (Å²) < 4.78 is 1.97. The Kier molecular flexibility index (Phi) is 4.95. The molecule has 2 aromatic rings. The van der Waals surface area contributed by atoms with Crippen molar-refractivity contribution < 1.29 is 4.79 Å². The third kappa shape index (κ3) is 3.92. The van der Waals surface area contributed by atoms with E-state index in [0.29, 0.717) is 12.1 Å². The molecule has 1 fully saturated rings. The van der Waals surface area contributed by atoms with Gasteiger partial charge >= 0.3 is 0 Å². The van der Waals surface area contributed by atoms with Gasteiger partial charge in [0.15, 0.2) is 0 Å². The van der Waals surface area contributed by atoms with E-state index in [2.05, 4.69) is 27.3 Å². The third-order valence-electron chi connectivity index (χ3n) is 4.41. The number of imidazole rings is 1. The maximum atomic E-state index is 12.2. The van der Waals surface area contributed by atoms with Gasteiger partial charge in [0, 0.05) is 56.7 Å². The summed E-state index contributed by atoms with van der Waals surface area (Å²) in [5.41, 5.74) is 1.93. The largest absolute Gasteiger partial charge is 0.372 e. The molecule has 23 heavy (non-hydrogen) atoms. The lowest BCUT2D eigenvalue weighted by molar-refractivity contribution is 0.0954. The standard InChI is InChI=1S/C18H24N4O/c1-21-14-11-19-17(21)9-10-20-18(23)15-5-7-16(8-6-15)22-12-3-2-4-13-22/h5-8,11,14H,2-4,9-10,12-13H2,1H3,(H,20,23). The van der Waals surface area contributed by atoms with Crippen LogP contribution in [-0.4, -0.2) is 35.1 Å². The lowest BCUT2D eigenvalue weighted by Crippen LogP contribution is -2.29. The average Bonchev–Trinajstić information content (AvgIpc) is 3.01. The predicted octanol–water partition coefficient (Wildman–Crippen LogP) is 2.38. The van der Waals surface area contributed by atoms with E-state index in [1.165, 1.54) is 24.9 Å². The molecule has 1 N–H and O–H groups in total. The number of amides is 1. The Balaban J connectivity index is 1.52.